The van der Waals surface area contributed by atoms with Crippen LogP contribution in [0.2, 0.25) is 0 Å². The van der Waals surface area contributed by atoms with Gasteiger partial charge in [-0.1, -0.05) is 0 Å². The van der Waals surface area contributed by atoms with Gasteiger partial charge < -0.3 is 17.9 Å². The lowest BCUT2D eigenvalue weighted by molar-refractivity contribution is -0.120. The number of rotatable bonds is 2. The zero-order valence-corrected chi connectivity index (χ0v) is 15.8. The molecule has 2 aromatic rings. The van der Waals surface area contributed by atoms with Crippen molar-refractivity contribution in [2.45, 2.75) is 0 Å². The molecular formula is C18H13BF7N3O. The molecule has 2 aliphatic rings. The zero-order chi connectivity index (χ0) is 22.3. The highest BCUT2D eigenvalue weighted by Gasteiger charge is 2.50. The van der Waals surface area contributed by atoms with Crippen LogP contribution in [0.15, 0.2) is 30.0 Å². The van der Waals surface area contributed by atoms with E-state index in [2.05, 4.69) is 0 Å². The number of quaternary nitrogens is 1. The molecule has 0 spiro atoms. The van der Waals surface area contributed by atoms with E-state index in [4.69, 9.17) is 0 Å². The van der Waals surface area contributed by atoms with E-state index < -0.39 is 64.5 Å². The van der Waals surface area contributed by atoms with Crippen molar-refractivity contribution in [3.63, 3.8) is 0 Å². The van der Waals surface area contributed by atoms with Crippen molar-refractivity contribution < 1.29 is 35.4 Å². The van der Waals surface area contributed by atoms with Crippen LogP contribution in [-0.2, 0) is 4.79 Å². The number of hydrogen-bond donors (Lipinski definition) is 0. The molecule has 158 valence electrons. The van der Waals surface area contributed by atoms with E-state index >= 15 is 8.63 Å². The molecule has 1 amide bonds. The maximum Gasteiger partial charge on any atom is 0.540 e. The molecule has 0 atom stereocenters. The van der Waals surface area contributed by atoms with Gasteiger partial charge in [0.2, 0.25) is 11.7 Å². The lowest BCUT2D eigenvalue weighted by atomic mass is 9.84. The van der Waals surface area contributed by atoms with Crippen molar-refractivity contribution in [1.82, 2.24) is 13.8 Å². The fourth-order valence-corrected chi connectivity index (χ4v) is 3.80. The lowest BCUT2D eigenvalue weighted by Crippen LogP contribution is -2.57. The molecule has 1 aromatic carbocycles. The third kappa shape index (κ3) is 2.43. The van der Waals surface area contributed by atoms with Gasteiger partial charge in [-0.25, -0.2) is 22.0 Å². The number of allylic oxidation sites excluding steroid dienone is 1. The Morgan fingerprint density at radius 3 is 1.90 bits per heavy atom. The smallest absolute Gasteiger partial charge is 0.437 e. The second kappa shape index (κ2) is 6.00. The zero-order valence-electron chi connectivity index (χ0n) is 15.8. The summed E-state index contributed by atoms with van der Waals surface area (Å²) in [7, 11) is 4.61. The van der Waals surface area contributed by atoms with Gasteiger partial charge in [-0.3, -0.25) is 9.28 Å². The average molecular weight is 431 g/mol. The predicted octanol–water partition coefficient (Wildman–Crippen LogP) is 3.77. The quantitative estimate of drug-likeness (QED) is 0.234. The van der Waals surface area contributed by atoms with Gasteiger partial charge in [0.25, 0.3) is 0 Å². The number of fused-ring (bicyclic) bond motifs is 2. The third-order valence-corrected chi connectivity index (χ3v) is 5.06. The first-order valence-electron chi connectivity index (χ1n) is 8.63. The number of carbonyl (C=O) groups excluding carboxylic acids is 1. The number of aromatic nitrogens is 1. The summed E-state index contributed by atoms with van der Waals surface area (Å²) in [5.74, 6) is -12.4. The van der Waals surface area contributed by atoms with E-state index in [1.54, 1.807) is 0 Å². The van der Waals surface area contributed by atoms with Crippen LogP contribution < -0.4 is 4.48 Å². The Morgan fingerprint density at radius 1 is 0.833 bits per heavy atom. The van der Waals surface area contributed by atoms with E-state index in [1.807, 2.05) is 0 Å². The summed E-state index contributed by atoms with van der Waals surface area (Å²) in [6, 6.07) is 2.34. The molecule has 0 N–H and O–H groups in total. The topological polar surface area (TPSA) is 25.2 Å². The Labute approximate surface area is 165 Å². The second-order valence-corrected chi connectivity index (χ2v) is 7.79. The van der Waals surface area contributed by atoms with Crippen molar-refractivity contribution in [2.24, 2.45) is 0 Å². The maximum atomic E-state index is 15.4. The Morgan fingerprint density at radius 2 is 1.37 bits per heavy atom. The molecule has 0 saturated heterocycles. The summed E-state index contributed by atoms with van der Waals surface area (Å²) in [5.41, 5.74) is -3.20. The normalized spacial score (nSPS) is 17.7. The number of benzene rings is 1. The lowest BCUT2D eigenvalue weighted by Gasteiger charge is -2.45. The second-order valence-electron chi connectivity index (χ2n) is 7.79. The van der Waals surface area contributed by atoms with Gasteiger partial charge in [-0.05, 0) is 12.1 Å². The highest BCUT2D eigenvalue weighted by molar-refractivity contribution is 6.67. The summed E-state index contributed by atoms with van der Waals surface area (Å²) >= 11 is 0. The van der Waals surface area contributed by atoms with Gasteiger partial charge in [0.1, 0.15) is 0 Å². The monoisotopic (exact) mass is 431 g/mol. The Balaban J connectivity index is 2.18. The highest BCUT2D eigenvalue weighted by Crippen LogP contribution is 2.46. The molecular weight excluding hydrogens is 418 g/mol. The molecule has 2 aliphatic heterocycles. The van der Waals surface area contributed by atoms with Gasteiger partial charge in [0, 0.05) is 29.1 Å². The summed E-state index contributed by atoms with van der Waals surface area (Å²) in [6.45, 7) is -4.81. The van der Waals surface area contributed by atoms with Crippen LogP contribution in [0.4, 0.5) is 36.4 Å². The molecule has 0 bridgehead atoms. The first-order valence-corrected chi connectivity index (χ1v) is 8.63. The van der Waals surface area contributed by atoms with Gasteiger partial charge in [0.15, 0.2) is 29.1 Å². The number of halogens is 7. The predicted molar refractivity (Wildman–Crippen MR) is 95.6 cm³/mol. The minimum Gasteiger partial charge on any atom is -0.437 e. The first-order chi connectivity index (χ1) is 13.8. The van der Waals surface area contributed by atoms with E-state index in [9.17, 15) is 26.7 Å². The Kier molecular flexibility index (Phi) is 4.05. The largest absolute Gasteiger partial charge is 0.540 e. The van der Waals surface area contributed by atoms with E-state index in [-0.39, 0.29) is 15.1 Å². The summed E-state index contributed by atoms with van der Waals surface area (Å²) in [5, 5.41) is 0. The summed E-state index contributed by atoms with van der Waals surface area (Å²) < 4.78 is 101. The Bertz CT molecular complexity index is 1160. The van der Waals surface area contributed by atoms with Crippen LogP contribution in [0.25, 0.3) is 5.57 Å². The Hall–Kier alpha value is -3.02. The molecule has 0 radical (unpaired) electrons. The molecule has 0 aliphatic carbocycles. The molecule has 4 nitrogen and oxygen atoms in total. The average Bonchev–Trinajstić information content (AvgIpc) is 3.26. The molecule has 3 heterocycles. The standard InChI is InChI=1S/C18H13BF7N3O/c1-29(2,3)10-6-4-8-12(13-14(20)16(22)18(24)17(23)15(13)21)9-5-7-11(30)28(9)19(25,26)27(8)10/h4-7H,1-3H3. The SMILES string of the molecule is C[N+](C)(C)c1ccc2n1[B-](F)(F)N1C(=O)C=CC1=C2c1c(F)c(F)c(F)c(F)c1F. The van der Waals surface area contributed by atoms with Crippen LogP contribution in [0.1, 0.15) is 11.3 Å². The summed E-state index contributed by atoms with van der Waals surface area (Å²) in [6.07, 6.45) is 1.61. The highest BCUT2D eigenvalue weighted by atomic mass is 19.2. The minimum absolute atomic E-state index is 0.0273. The number of nitrogens with zero attached hydrogens (tertiary/aromatic N) is 3. The van der Waals surface area contributed by atoms with Crippen LogP contribution in [0, 0.1) is 29.1 Å². The van der Waals surface area contributed by atoms with Gasteiger partial charge in [-0.15, -0.1) is 0 Å². The van der Waals surface area contributed by atoms with Crippen LogP contribution >= 0.6 is 0 Å². The van der Waals surface area contributed by atoms with E-state index in [1.165, 1.54) is 27.2 Å². The van der Waals surface area contributed by atoms with Crippen molar-refractivity contribution in [3.8, 4) is 0 Å². The fourth-order valence-electron chi connectivity index (χ4n) is 3.80. The first kappa shape index (κ1) is 20.3. The number of hydrogen-bond acceptors (Lipinski definition) is 1. The van der Waals surface area contributed by atoms with Crippen LogP contribution in [-0.4, -0.2) is 43.3 Å². The molecule has 0 unspecified atom stereocenters. The van der Waals surface area contributed by atoms with Crippen molar-refractivity contribution in [1.29, 1.82) is 0 Å². The van der Waals surface area contributed by atoms with E-state index in [0.29, 0.717) is 4.48 Å². The van der Waals surface area contributed by atoms with E-state index in [0.717, 1.165) is 18.2 Å². The molecule has 0 saturated carbocycles. The van der Waals surface area contributed by atoms with Gasteiger partial charge >= 0.3 is 6.97 Å². The number of amides is 1. The van der Waals surface area contributed by atoms with Gasteiger partial charge in [0.05, 0.1) is 26.7 Å². The molecule has 4 rings (SSSR count). The van der Waals surface area contributed by atoms with Crippen molar-refractivity contribution in [3.05, 3.63) is 70.3 Å². The van der Waals surface area contributed by atoms with Crippen LogP contribution in [0.5, 0.6) is 0 Å². The molecule has 30 heavy (non-hydrogen) atoms. The molecule has 0 fully saturated rings. The fraction of sp³-hybridized carbons (Fsp3) is 0.167. The van der Waals surface area contributed by atoms with Crippen molar-refractivity contribution >= 4 is 24.3 Å². The van der Waals surface area contributed by atoms with Crippen LogP contribution in [0.3, 0.4) is 0 Å². The molecule has 12 heteroatoms. The number of carbonyl (C=O) groups is 1. The van der Waals surface area contributed by atoms with Crippen molar-refractivity contribution in [2.75, 3.05) is 21.1 Å². The van der Waals surface area contributed by atoms with Gasteiger partial charge in [-0.2, -0.15) is 0 Å². The minimum atomic E-state index is -4.81. The summed E-state index contributed by atoms with van der Waals surface area (Å²) in [4.78, 5) is 12.2. The maximum absolute atomic E-state index is 15.4. The molecule has 1 aromatic heterocycles. The third-order valence-electron chi connectivity index (χ3n) is 5.06.